The smallest absolute Gasteiger partial charge is 0.226 e. The van der Waals surface area contributed by atoms with Crippen molar-refractivity contribution in [2.24, 2.45) is 5.41 Å². The van der Waals surface area contributed by atoms with Gasteiger partial charge in [-0.15, -0.1) is 5.10 Å². The Morgan fingerprint density at radius 3 is 2.72 bits per heavy atom. The number of Topliss-reactive ketones (excluding diaryl/α,β-unsaturated/α-hetero) is 1. The molecular weight excluding hydrogens is 366 g/mol. The van der Waals surface area contributed by atoms with E-state index >= 15 is 0 Å². The molecular formula is C22H21N5O2. The van der Waals surface area contributed by atoms with Gasteiger partial charge in [0.1, 0.15) is 11.8 Å². The first kappa shape index (κ1) is 17.6. The Balaban J connectivity index is 1.68. The maximum atomic E-state index is 13.2. The summed E-state index contributed by atoms with van der Waals surface area (Å²) in [4.78, 5) is 21.9. The van der Waals surface area contributed by atoms with Crippen LogP contribution in [0.2, 0.25) is 0 Å². The van der Waals surface area contributed by atoms with Crippen LogP contribution in [0.5, 0.6) is 5.75 Å². The number of allylic oxidation sites excluding steroid dienone is 2. The predicted octanol–water partition coefficient (Wildman–Crippen LogP) is 3.70. The van der Waals surface area contributed by atoms with Gasteiger partial charge in [-0.25, -0.2) is 4.68 Å². The third kappa shape index (κ3) is 2.99. The first-order valence-corrected chi connectivity index (χ1v) is 9.60. The van der Waals surface area contributed by atoms with Crippen LogP contribution in [0.1, 0.15) is 38.3 Å². The van der Waals surface area contributed by atoms with Crippen LogP contribution in [0.25, 0.3) is 11.4 Å². The Morgan fingerprint density at radius 2 is 1.97 bits per heavy atom. The molecule has 0 amide bonds. The number of nitrogens with one attached hydrogen (secondary N) is 1. The van der Waals surface area contributed by atoms with Gasteiger partial charge in [0.15, 0.2) is 11.6 Å². The monoisotopic (exact) mass is 387 g/mol. The molecule has 7 heteroatoms. The van der Waals surface area contributed by atoms with Gasteiger partial charge in [0.05, 0.1) is 0 Å². The molecule has 3 aromatic rings. The fraction of sp³-hybridized carbons (Fsp3) is 0.273. The topological polar surface area (TPSA) is 92.9 Å². The van der Waals surface area contributed by atoms with Crippen LogP contribution < -0.4 is 5.32 Å². The van der Waals surface area contributed by atoms with Crippen molar-refractivity contribution in [1.29, 1.82) is 0 Å². The van der Waals surface area contributed by atoms with Crippen molar-refractivity contribution in [3.63, 3.8) is 0 Å². The number of phenolic OH excluding ortho intramolecular Hbond substituents is 1. The summed E-state index contributed by atoms with van der Waals surface area (Å²) >= 11 is 0. The highest BCUT2D eigenvalue weighted by Crippen LogP contribution is 2.45. The van der Waals surface area contributed by atoms with Crippen molar-refractivity contribution < 1.29 is 9.90 Å². The van der Waals surface area contributed by atoms with Gasteiger partial charge in [-0.05, 0) is 41.7 Å². The fourth-order valence-corrected chi connectivity index (χ4v) is 4.23. The lowest BCUT2D eigenvalue weighted by Crippen LogP contribution is -2.36. The highest BCUT2D eigenvalue weighted by Gasteiger charge is 2.41. The molecule has 0 bridgehead atoms. The molecule has 0 fully saturated rings. The largest absolute Gasteiger partial charge is 0.508 e. The van der Waals surface area contributed by atoms with Gasteiger partial charge in [0.2, 0.25) is 5.95 Å². The molecule has 1 aromatic carbocycles. The number of aromatic nitrogens is 4. The number of phenols is 1. The predicted molar refractivity (Wildman–Crippen MR) is 108 cm³/mol. The Kier molecular flexibility index (Phi) is 3.81. The van der Waals surface area contributed by atoms with E-state index < -0.39 is 0 Å². The second-order valence-corrected chi connectivity index (χ2v) is 8.40. The number of anilines is 1. The number of carbonyl (C=O) groups excluding carboxylic acids is 1. The molecule has 1 aliphatic heterocycles. The summed E-state index contributed by atoms with van der Waals surface area (Å²) in [5.74, 6) is 1.37. The number of fused-ring (bicyclic) bond motifs is 1. The molecule has 2 aliphatic rings. The summed E-state index contributed by atoms with van der Waals surface area (Å²) in [5, 5.41) is 17.9. The van der Waals surface area contributed by atoms with E-state index in [9.17, 15) is 9.90 Å². The second kappa shape index (κ2) is 6.27. The minimum atomic E-state index is -0.355. The highest BCUT2D eigenvalue weighted by molar-refractivity contribution is 6.00. The van der Waals surface area contributed by atoms with E-state index in [0.29, 0.717) is 23.8 Å². The van der Waals surface area contributed by atoms with Gasteiger partial charge in [0.25, 0.3) is 0 Å². The van der Waals surface area contributed by atoms with E-state index in [4.69, 9.17) is 5.10 Å². The Bertz CT molecular complexity index is 1150. The summed E-state index contributed by atoms with van der Waals surface area (Å²) in [5.41, 5.74) is 3.20. The number of carbonyl (C=O) groups is 1. The molecule has 7 nitrogen and oxygen atoms in total. The van der Waals surface area contributed by atoms with Crippen LogP contribution in [0, 0.1) is 5.41 Å². The van der Waals surface area contributed by atoms with E-state index in [2.05, 4.69) is 29.1 Å². The van der Waals surface area contributed by atoms with E-state index in [1.165, 1.54) is 0 Å². The zero-order chi connectivity index (χ0) is 20.2. The molecule has 1 unspecified atom stereocenters. The van der Waals surface area contributed by atoms with Crippen LogP contribution in [0.3, 0.4) is 0 Å². The Labute approximate surface area is 168 Å². The molecule has 146 valence electrons. The average molecular weight is 387 g/mol. The van der Waals surface area contributed by atoms with Crippen molar-refractivity contribution in [3.8, 4) is 17.1 Å². The molecule has 0 saturated heterocycles. The highest BCUT2D eigenvalue weighted by atomic mass is 16.3. The lowest BCUT2D eigenvalue weighted by molar-refractivity contribution is -0.118. The first-order valence-electron chi connectivity index (χ1n) is 9.60. The molecule has 2 N–H and O–H groups in total. The normalized spacial score (nSPS) is 20.1. The van der Waals surface area contributed by atoms with Crippen LogP contribution in [-0.2, 0) is 4.79 Å². The minimum Gasteiger partial charge on any atom is -0.508 e. The van der Waals surface area contributed by atoms with Crippen molar-refractivity contribution in [2.75, 3.05) is 5.32 Å². The summed E-state index contributed by atoms with van der Waals surface area (Å²) in [6.45, 7) is 4.21. The molecule has 3 heterocycles. The van der Waals surface area contributed by atoms with Crippen molar-refractivity contribution in [3.05, 3.63) is 65.6 Å². The van der Waals surface area contributed by atoms with Crippen molar-refractivity contribution >= 4 is 11.7 Å². The quantitative estimate of drug-likeness (QED) is 0.696. The van der Waals surface area contributed by atoms with Gasteiger partial charge in [-0.1, -0.05) is 26.0 Å². The lowest BCUT2D eigenvalue weighted by atomic mass is 9.73. The Hall–Kier alpha value is -3.48. The SMILES string of the molecule is CC1(C)CC(=O)C2=C(C1)Nc1nc(-c3cccc(O)c3)nn1C2c1ccncc1. The maximum Gasteiger partial charge on any atom is 0.226 e. The Morgan fingerprint density at radius 1 is 1.17 bits per heavy atom. The molecule has 5 rings (SSSR count). The summed E-state index contributed by atoms with van der Waals surface area (Å²) in [6, 6.07) is 10.3. The summed E-state index contributed by atoms with van der Waals surface area (Å²) < 4.78 is 1.77. The molecule has 0 radical (unpaired) electrons. The van der Waals surface area contributed by atoms with Crippen molar-refractivity contribution in [1.82, 2.24) is 19.7 Å². The number of ketones is 1. The third-order valence-electron chi connectivity index (χ3n) is 5.46. The first-order chi connectivity index (χ1) is 13.9. The van der Waals surface area contributed by atoms with Gasteiger partial charge < -0.3 is 10.4 Å². The van der Waals surface area contributed by atoms with Gasteiger partial charge in [0, 0.05) is 35.6 Å². The molecule has 1 atom stereocenters. The number of benzene rings is 1. The second-order valence-electron chi connectivity index (χ2n) is 8.40. The number of hydrogen-bond acceptors (Lipinski definition) is 6. The average Bonchev–Trinajstić information content (AvgIpc) is 3.10. The van der Waals surface area contributed by atoms with E-state index in [1.54, 1.807) is 35.3 Å². The van der Waals surface area contributed by atoms with Crippen LogP contribution in [0.15, 0.2) is 60.1 Å². The summed E-state index contributed by atoms with van der Waals surface area (Å²) in [7, 11) is 0. The number of nitrogens with zero attached hydrogens (tertiary/aromatic N) is 4. The van der Waals surface area contributed by atoms with E-state index in [0.717, 1.165) is 23.3 Å². The minimum absolute atomic E-state index is 0.109. The lowest BCUT2D eigenvalue weighted by Gasteiger charge is -2.38. The number of pyridine rings is 1. The van der Waals surface area contributed by atoms with Gasteiger partial charge >= 0.3 is 0 Å². The van der Waals surface area contributed by atoms with E-state index in [1.807, 2.05) is 18.2 Å². The molecule has 0 spiro atoms. The summed E-state index contributed by atoms with van der Waals surface area (Å²) in [6.07, 6.45) is 4.71. The number of hydrogen-bond donors (Lipinski definition) is 2. The zero-order valence-corrected chi connectivity index (χ0v) is 16.3. The zero-order valence-electron chi connectivity index (χ0n) is 16.3. The molecule has 0 saturated carbocycles. The standard InChI is InChI=1S/C22H21N5O2/c1-22(2)11-16-18(17(29)12-22)19(13-6-8-23-9-7-13)27-21(24-16)25-20(26-27)14-4-3-5-15(28)10-14/h3-10,19,28H,11-12H2,1-2H3,(H,24,25,26). The molecule has 1 aliphatic carbocycles. The van der Waals surface area contributed by atoms with E-state index in [-0.39, 0.29) is 23.0 Å². The van der Waals surface area contributed by atoms with Crippen LogP contribution >= 0.6 is 0 Å². The van der Waals surface area contributed by atoms with Gasteiger partial charge in [-0.3, -0.25) is 9.78 Å². The van der Waals surface area contributed by atoms with Crippen LogP contribution in [-0.4, -0.2) is 30.6 Å². The number of aromatic hydroxyl groups is 1. The third-order valence-corrected chi connectivity index (χ3v) is 5.46. The van der Waals surface area contributed by atoms with Crippen LogP contribution in [0.4, 0.5) is 5.95 Å². The number of rotatable bonds is 2. The molecule has 2 aromatic heterocycles. The van der Waals surface area contributed by atoms with Crippen molar-refractivity contribution in [2.45, 2.75) is 32.7 Å². The fourth-order valence-electron chi connectivity index (χ4n) is 4.23. The van der Waals surface area contributed by atoms with Gasteiger partial charge in [-0.2, -0.15) is 4.98 Å². The maximum absolute atomic E-state index is 13.2. The molecule has 29 heavy (non-hydrogen) atoms.